The molecule has 0 unspecified atom stereocenters. The average Bonchev–Trinajstić information content (AvgIpc) is 2.68. The van der Waals surface area contributed by atoms with Gasteiger partial charge in [-0.2, -0.15) is 0 Å². The van der Waals surface area contributed by atoms with Gasteiger partial charge >= 0.3 is 0 Å². The maximum Gasteiger partial charge on any atom is 0.182 e. The van der Waals surface area contributed by atoms with Gasteiger partial charge in [0.25, 0.3) is 0 Å². The molecule has 80 valence electrons. The molecule has 0 atom stereocenters. The first-order chi connectivity index (χ1) is 6.98. The Labute approximate surface area is 91.9 Å². The lowest BCUT2D eigenvalue weighted by Gasteiger charge is -2.16. The molecule has 2 aromatic rings. The minimum Gasteiger partial charge on any atom is -0.375 e. The van der Waals surface area contributed by atoms with Gasteiger partial charge in [0.15, 0.2) is 5.13 Å². The molecule has 15 heavy (non-hydrogen) atoms. The van der Waals surface area contributed by atoms with E-state index >= 15 is 0 Å². The third-order valence-corrected chi connectivity index (χ3v) is 2.84. The molecule has 0 saturated carbocycles. The van der Waals surface area contributed by atoms with Crippen LogP contribution in [0.15, 0.2) is 12.4 Å². The summed E-state index contributed by atoms with van der Waals surface area (Å²) in [6.45, 7) is 6.30. The molecule has 2 rings (SSSR count). The molecule has 0 aliphatic heterocycles. The van der Waals surface area contributed by atoms with Crippen LogP contribution in [0, 0.1) is 0 Å². The highest BCUT2D eigenvalue weighted by Crippen LogP contribution is 2.32. The third-order valence-electron chi connectivity index (χ3n) is 1.97. The van der Waals surface area contributed by atoms with Crippen LogP contribution >= 0.6 is 11.3 Å². The van der Waals surface area contributed by atoms with Crippen LogP contribution in [-0.4, -0.2) is 20.0 Å². The van der Waals surface area contributed by atoms with Crippen LogP contribution in [0.2, 0.25) is 0 Å². The van der Waals surface area contributed by atoms with Crippen molar-refractivity contribution in [3.63, 3.8) is 0 Å². The molecule has 6 heteroatoms. The van der Waals surface area contributed by atoms with E-state index in [1.807, 2.05) is 0 Å². The van der Waals surface area contributed by atoms with E-state index in [1.165, 1.54) is 11.3 Å². The summed E-state index contributed by atoms with van der Waals surface area (Å²) in [5.74, 6) is 0. The maximum absolute atomic E-state index is 5.73. The van der Waals surface area contributed by atoms with Crippen molar-refractivity contribution < 1.29 is 0 Å². The normalized spacial score (nSPS) is 11.9. The molecular weight excluding hydrogens is 210 g/mol. The average molecular weight is 223 g/mol. The van der Waals surface area contributed by atoms with Gasteiger partial charge in [-0.3, -0.25) is 0 Å². The van der Waals surface area contributed by atoms with Crippen LogP contribution in [0.25, 0.3) is 5.00 Å². The number of hydrogen-bond donors (Lipinski definition) is 1. The maximum atomic E-state index is 5.73. The van der Waals surface area contributed by atoms with Gasteiger partial charge in [0.05, 0.1) is 18.1 Å². The van der Waals surface area contributed by atoms with Gasteiger partial charge in [-0.1, -0.05) is 37.3 Å². The smallest absolute Gasteiger partial charge is 0.182 e. The van der Waals surface area contributed by atoms with Gasteiger partial charge in [0.1, 0.15) is 5.00 Å². The zero-order chi connectivity index (χ0) is 11.1. The molecule has 2 aromatic heterocycles. The molecule has 0 aromatic carbocycles. The Morgan fingerprint density at radius 3 is 2.67 bits per heavy atom. The Hall–Kier alpha value is -1.43. The molecule has 0 aliphatic rings. The van der Waals surface area contributed by atoms with Gasteiger partial charge in [0, 0.05) is 5.41 Å². The lowest BCUT2D eigenvalue weighted by Crippen LogP contribution is -2.15. The summed E-state index contributed by atoms with van der Waals surface area (Å²) in [4.78, 5) is 4.35. The fourth-order valence-electron chi connectivity index (χ4n) is 1.29. The Morgan fingerprint density at radius 1 is 1.40 bits per heavy atom. The summed E-state index contributed by atoms with van der Waals surface area (Å²) in [5.41, 5.74) is 6.64. The Balaban J connectivity index is 2.57. The van der Waals surface area contributed by atoms with E-state index in [2.05, 4.69) is 36.1 Å². The van der Waals surface area contributed by atoms with Crippen molar-refractivity contribution in [3.8, 4) is 5.00 Å². The van der Waals surface area contributed by atoms with Crippen molar-refractivity contribution in [2.24, 2.45) is 0 Å². The lowest BCUT2D eigenvalue weighted by atomic mass is 9.92. The van der Waals surface area contributed by atoms with Crippen LogP contribution in [-0.2, 0) is 5.41 Å². The standard InChI is InChI=1S/C9H13N5S/c1-9(2,3)6-7(15-8(10)12-6)14-5-4-11-13-14/h4-5H,1-3H3,(H2,10,12). The van der Waals surface area contributed by atoms with Crippen LogP contribution < -0.4 is 5.73 Å². The molecule has 0 aliphatic carbocycles. The topological polar surface area (TPSA) is 69.6 Å². The number of aromatic nitrogens is 4. The number of anilines is 1. The second kappa shape index (κ2) is 3.30. The quantitative estimate of drug-likeness (QED) is 0.797. The number of hydrogen-bond acceptors (Lipinski definition) is 5. The number of rotatable bonds is 1. The number of nitrogen functional groups attached to an aromatic ring is 1. The number of nitrogens with two attached hydrogens (primary N) is 1. The summed E-state index contributed by atoms with van der Waals surface area (Å²) < 4.78 is 1.70. The minimum atomic E-state index is -0.0462. The van der Waals surface area contributed by atoms with Gasteiger partial charge in [-0.25, -0.2) is 9.67 Å². The molecule has 0 spiro atoms. The zero-order valence-electron chi connectivity index (χ0n) is 8.93. The predicted octanol–water partition coefficient (Wildman–Crippen LogP) is 1.60. The summed E-state index contributed by atoms with van der Waals surface area (Å²) in [5, 5.41) is 9.24. The van der Waals surface area contributed by atoms with Crippen molar-refractivity contribution in [3.05, 3.63) is 18.1 Å². The van der Waals surface area contributed by atoms with Crippen LogP contribution in [0.5, 0.6) is 0 Å². The largest absolute Gasteiger partial charge is 0.375 e. The van der Waals surface area contributed by atoms with Gasteiger partial charge in [-0.05, 0) is 0 Å². The molecule has 0 fully saturated rings. The summed E-state index contributed by atoms with van der Waals surface area (Å²) in [6, 6.07) is 0. The minimum absolute atomic E-state index is 0.0462. The van der Waals surface area contributed by atoms with E-state index in [1.54, 1.807) is 17.1 Å². The molecule has 2 heterocycles. The fraction of sp³-hybridized carbons (Fsp3) is 0.444. The van der Waals surface area contributed by atoms with E-state index in [-0.39, 0.29) is 5.41 Å². The first kappa shape index (κ1) is 10.1. The SMILES string of the molecule is CC(C)(C)c1nc(N)sc1-n1ccnn1. The molecule has 0 radical (unpaired) electrons. The Kier molecular flexibility index (Phi) is 2.22. The van der Waals surface area contributed by atoms with Crippen molar-refractivity contribution >= 4 is 16.5 Å². The summed E-state index contributed by atoms with van der Waals surface area (Å²) in [7, 11) is 0. The summed E-state index contributed by atoms with van der Waals surface area (Å²) in [6.07, 6.45) is 3.44. The molecular formula is C9H13N5S. The van der Waals surface area contributed by atoms with Crippen LogP contribution in [0.4, 0.5) is 5.13 Å². The monoisotopic (exact) mass is 223 g/mol. The van der Waals surface area contributed by atoms with Gasteiger partial charge in [0.2, 0.25) is 0 Å². The summed E-state index contributed by atoms with van der Waals surface area (Å²) >= 11 is 1.43. The van der Waals surface area contributed by atoms with Crippen molar-refractivity contribution in [2.75, 3.05) is 5.73 Å². The second-order valence-corrected chi connectivity index (χ2v) is 5.31. The van der Waals surface area contributed by atoms with E-state index in [0.717, 1.165) is 10.7 Å². The van der Waals surface area contributed by atoms with Crippen LogP contribution in [0.3, 0.4) is 0 Å². The molecule has 5 nitrogen and oxygen atoms in total. The first-order valence-electron chi connectivity index (χ1n) is 4.62. The van der Waals surface area contributed by atoms with E-state index in [0.29, 0.717) is 5.13 Å². The van der Waals surface area contributed by atoms with Gasteiger partial charge in [-0.15, -0.1) is 5.10 Å². The number of nitrogens with zero attached hydrogens (tertiary/aromatic N) is 4. The molecule has 0 amide bonds. The molecule has 0 bridgehead atoms. The first-order valence-corrected chi connectivity index (χ1v) is 5.43. The third kappa shape index (κ3) is 1.85. The lowest BCUT2D eigenvalue weighted by molar-refractivity contribution is 0.566. The predicted molar refractivity (Wildman–Crippen MR) is 60.1 cm³/mol. The number of thiazole rings is 1. The highest BCUT2D eigenvalue weighted by atomic mass is 32.1. The van der Waals surface area contributed by atoms with Crippen LogP contribution in [0.1, 0.15) is 26.5 Å². The Bertz CT molecular complexity index is 451. The van der Waals surface area contributed by atoms with Crippen molar-refractivity contribution in [2.45, 2.75) is 26.2 Å². The zero-order valence-corrected chi connectivity index (χ0v) is 9.75. The Morgan fingerprint density at radius 2 is 2.13 bits per heavy atom. The second-order valence-electron chi connectivity index (χ2n) is 4.30. The van der Waals surface area contributed by atoms with E-state index in [9.17, 15) is 0 Å². The highest BCUT2D eigenvalue weighted by Gasteiger charge is 2.24. The van der Waals surface area contributed by atoms with Gasteiger partial charge < -0.3 is 5.73 Å². The molecule has 2 N–H and O–H groups in total. The van der Waals surface area contributed by atoms with E-state index < -0.39 is 0 Å². The molecule has 0 saturated heterocycles. The fourth-order valence-corrected chi connectivity index (χ4v) is 2.26. The van der Waals surface area contributed by atoms with E-state index in [4.69, 9.17) is 5.73 Å². The van der Waals surface area contributed by atoms with Crippen molar-refractivity contribution in [1.82, 2.24) is 20.0 Å². The highest BCUT2D eigenvalue weighted by molar-refractivity contribution is 7.18. The van der Waals surface area contributed by atoms with Crippen molar-refractivity contribution in [1.29, 1.82) is 0 Å².